The largest absolute Gasteiger partial charge is 0.480 e. The molecule has 2 heterocycles. The zero-order valence-corrected chi connectivity index (χ0v) is 12.0. The van der Waals surface area contributed by atoms with Gasteiger partial charge in [-0.15, -0.1) is 0 Å². The molecule has 0 bridgehead atoms. The molecule has 5 heteroatoms. The highest BCUT2D eigenvalue weighted by molar-refractivity contribution is 5.83. The third-order valence-electron chi connectivity index (χ3n) is 5.27. The summed E-state index contributed by atoms with van der Waals surface area (Å²) in [6.45, 7) is 1.41. The molecule has 3 aliphatic rings. The smallest absolute Gasteiger partial charge is 0.326 e. The van der Waals surface area contributed by atoms with E-state index < -0.39 is 12.0 Å². The van der Waals surface area contributed by atoms with Crippen molar-refractivity contribution in [3.63, 3.8) is 0 Å². The fraction of sp³-hybridized carbons (Fsp3) is 0.867. The van der Waals surface area contributed by atoms with Gasteiger partial charge in [0.1, 0.15) is 6.04 Å². The zero-order valence-electron chi connectivity index (χ0n) is 12.0. The molecule has 0 aromatic carbocycles. The Bertz CT molecular complexity index is 393. The second-order valence-corrected chi connectivity index (χ2v) is 6.42. The molecule has 0 spiro atoms. The summed E-state index contributed by atoms with van der Waals surface area (Å²) < 4.78 is 0. The van der Waals surface area contributed by atoms with Gasteiger partial charge in [-0.05, 0) is 44.4 Å². The highest BCUT2D eigenvalue weighted by atomic mass is 16.4. The number of aliphatic carboxylic acids is 1. The van der Waals surface area contributed by atoms with Crippen molar-refractivity contribution in [1.82, 2.24) is 9.80 Å². The number of carbonyl (C=O) groups is 2. The molecular formula is C15H24N2O3. The van der Waals surface area contributed by atoms with Gasteiger partial charge in [0, 0.05) is 19.1 Å². The van der Waals surface area contributed by atoms with E-state index in [4.69, 9.17) is 0 Å². The van der Waals surface area contributed by atoms with Crippen molar-refractivity contribution in [3.8, 4) is 0 Å². The summed E-state index contributed by atoms with van der Waals surface area (Å²) in [7, 11) is 0. The lowest BCUT2D eigenvalue weighted by atomic mass is 9.96. The maximum atomic E-state index is 12.7. The van der Waals surface area contributed by atoms with Crippen LogP contribution in [0.15, 0.2) is 0 Å². The van der Waals surface area contributed by atoms with Crippen LogP contribution in [0.1, 0.15) is 51.4 Å². The minimum atomic E-state index is -0.854. The molecule has 20 heavy (non-hydrogen) atoms. The number of carboxylic acids is 1. The second-order valence-electron chi connectivity index (χ2n) is 6.42. The summed E-state index contributed by atoms with van der Waals surface area (Å²) in [5.74, 6) is -0.209. The van der Waals surface area contributed by atoms with E-state index in [0.717, 1.165) is 25.8 Å². The molecule has 0 aromatic rings. The fourth-order valence-corrected chi connectivity index (χ4v) is 4.28. The number of urea groups is 1. The summed E-state index contributed by atoms with van der Waals surface area (Å²) in [5.41, 5.74) is 0. The fourth-order valence-electron chi connectivity index (χ4n) is 4.28. The van der Waals surface area contributed by atoms with Gasteiger partial charge in [0.05, 0.1) is 0 Å². The third-order valence-corrected chi connectivity index (χ3v) is 5.27. The molecule has 2 unspecified atom stereocenters. The molecule has 2 saturated heterocycles. The summed E-state index contributed by atoms with van der Waals surface area (Å²) in [4.78, 5) is 27.6. The summed E-state index contributed by atoms with van der Waals surface area (Å²) >= 11 is 0. The van der Waals surface area contributed by atoms with E-state index in [2.05, 4.69) is 0 Å². The van der Waals surface area contributed by atoms with Crippen LogP contribution in [0.4, 0.5) is 4.79 Å². The molecule has 0 radical (unpaired) electrons. The van der Waals surface area contributed by atoms with Gasteiger partial charge in [-0.1, -0.05) is 12.8 Å². The van der Waals surface area contributed by atoms with Crippen LogP contribution in [0.2, 0.25) is 0 Å². The molecule has 5 nitrogen and oxygen atoms in total. The first-order valence-electron chi connectivity index (χ1n) is 7.98. The number of likely N-dealkylation sites (tertiary alicyclic amines) is 2. The molecule has 3 rings (SSSR count). The van der Waals surface area contributed by atoms with E-state index in [1.807, 2.05) is 4.90 Å². The summed E-state index contributed by atoms with van der Waals surface area (Å²) in [6, 6.07) is -0.267. The Morgan fingerprint density at radius 1 is 0.850 bits per heavy atom. The molecule has 112 valence electrons. The lowest BCUT2D eigenvalue weighted by Gasteiger charge is -2.34. The lowest BCUT2D eigenvalue weighted by Crippen LogP contribution is -2.50. The van der Waals surface area contributed by atoms with Gasteiger partial charge in [-0.2, -0.15) is 0 Å². The van der Waals surface area contributed by atoms with Crippen molar-refractivity contribution in [2.24, 2.45) is 5.92 Å². The SMILES string of the molecule is O=C(O)C1CCCN1C(=O)N1CCCC1C1CCCC1. The van der Waals surface area contributed by atoms with Crippen molar-refractivity contribution in [2.75, 3.05) is 13.1 Å². The predicted octanol–water partition coefficient (Wildman–Crippen LogP) is 2.31. The maximum Gasteiger partial charge on any atom is 0.326 e. The van der Waals surface area contributed by atoms with Gasteiger partial charge in [0.25, 0.3) is 0 Å². The summed E-state index contributed by atoms with van der Waals surface area (Å²) in [5, 5.41) is 9.24. The van der Waals surface area contributed by atoms with Crippen molar-refractivity contribution in [3.05, 3.63) is 0 Å². The number of carbonyl (C=O) groups excluding carboxylic acids is 1. The second kappa shape index (κ2) is 5.62. The number of hydrogen-bond acceptors (Lipinski definition) is 2. The minimum Gasteiger partial charge on any atom is -0.480 e. The standard InChI is InChI=1S/C15H24N2O3/c18-14(19)13-8-4-10-17(13)15(20)16-9-3-7-12(16)11-5-1-2-6-11/h11-13H,1-10H2,(H,18,19). The van der Waals surface area contributed by atoms with Gasteiger partial charge in [0.2, 0.25) is 0 Å². The van der Waals surface area contributed by atoms with E-state index in [1.54, 1.807) is 4.90 Å². The number of carboxylic acid groups (broad SMARTS) is 1. The molecule has 1 saturated carbocycles. The van der Waals surface area contributed by atoms with Gasteiger partial charge >= 0.3 is 12.0 Å². The molecular weight excluding hydrogens is 256 g/mol. The number of nitrogens with zero attached hydrogens (tertiary/aromatic N) is 2. The Kier molecular flexibility index (Phi) is 3.85. The number of amides is 2. The van der Waals surface area contributed by atoms with Crippen LogP contribution < -0.4 is 0 Å². The van der Waals surface area contributed by atoms with E-state index in [1.165, 1.54) is 25.7 Å². The lowest BCUT2D eigenvalue weighted by molar-refractivity contribution is -0.141. The van der Waals surface area contributed by atoms with Gasteiger partial charge in [-0.3, -0.25) is 0 Å². The predicted molar refractivity (Wildman–Crippen MR) is 74.4 cm³/mol. The Hall–Kier alpha value is -1.26. The first kappa shape index (κ1) is 13.7. The molecule has 1 N–H and O–H groups in total. The maximum absolute atomic E-state index is 12.7. The van der Waals surface area contributed by atoms with Crippen molar-refractivity contribution in [1.29, 1.82) is 0 Å². The van der Waals surface area contributed by atoms with E-state index in [-0.39, 0.29) is 6.03 Å². The average Bonchev–Trinajstić information content (AvgIpc) is 3.17. The quantitative estimate of drug-likeness (QED) is 0.844. The van der Waals surface area contributed by atoms with Gasteiger partial charge in [0.15, 0.2) is 0 Å². The van der Waals surface area contributed by atoms with Gasteiger partial charge < -0.3 is 14.9 Å². The minimum absolute atomic E-state index is 0.0238. The van der Waals surface area contributed by atoms with Crippen LogP contribution in [0, 0.1) is 5.92 Å². The number of rotatable bonds is 2. The Labute approximate surface area is 119 Å². The van der Waals surface area contributed by atoms with Crippen LogP contribution in [-0.4, -0.2) is 52.1 Å². The molecule has 3 fully saturated rings. The monoisotopic (exact) mass is 280 g/mol. The van der Waals surface area contributed by atoms with E-state index in [9.17, 15) is 14.7 Å². The van der Waals surface area contributed by atoms with Crippen LogP contribution in [-0.2, 0) is 4.79 Å². The van der Waals surface area contributed by atoms with Crippen LogP contribution in [0.25, 0.3) is 0 Å². The van der Waals surface area contributed by atoms with Crippen molar-refractivity contribution < 1.29 is 14.7 Å². The zero-order chi connectivity index (χ0) is 14.1. The van der Waals surface area contributed by atoms with Crippen molar-refractivity contribution >= 4 is 12.0 Å². The first-order chi connectivity index (χ1) is 9.68. The summed E-state index contributed by atoms with van der Waals surface area (Å²) in [6.07, 6.45) is 8.61. The van der Waals surface area contributed by atoms with E-state index >= 15 is 0 Å². The Morgan fingerprint density at radius 2 is 1.50 bits per heavy atom. The average molecular weight is 280 g/mol. The first-order valence-corrected chi connectivity index (χ1v) is 7.98. The normalized spacial score (nSPS) is 31.2. The molecule has 0 aromatic heterocycles. The molecule has 1 aliphatic carbocycles. The van der Waals surface area contributed by atoms with Crippen LogP contribution in [0.5, 0.6) is 0 Å². The Morgan fingerprint density at radius 3 is 2.20 bits per heavy atom. The Balaban J connectivity index is 1.70. The molecule has 2 amide bonds. The molecule has 2 aliphatic heterocycles. The van der Waals surface area contributed by atoms with E-state index in [0.29, 0.717) is 24.9 Å². The highest BCUT2D eigenvalue weighted by Gasteiger charge is 2.41. The van der Waals surface area contributed by atoms with Crippen LogP contribution >= 0.6 is 0 Å². The number of hydrogen-bond donors (Lipinski definition) is 1. The van der Waals surface area contributed by atoms with Gasteiger partial charge in [-0.25, -0.2) is 9.59 Å². The van der Waals surface area contributed by atoms with Crippen LogP contribution in [0.3, 0.4) is 0 Å². The highest BCUT2D eigenvalue weighted by Crippen LogP contribution is 2.36. The molecule has 2 atom stereocenters. The third kappa shape index (κ3) is 2.38. The van der Waals surface area contributed by atoms with Crippen molar-refractivity contribution in [2.45, 2.75) is 63.5 Å². The topological polar surface area (TPSA) is 60.9 Å².